The molecule has 0 aliphatic carbocycles. The van der Waals surface area contributed by atoms with Crippen LogP contribution in [0.3, 0.4) is 0 Å². The van der Waals surface area contributed by atoms with Crippen molar-refractivity contribution < 1.29 is 23.0 Å². The average Bonchev–Trinajstić information content (AvgIpc) is 2.64. The third kappa shape index (κ3) is 4.88. The second-order valence-corrected chi connectivity index (χ2v) is 5.75. The largest absolute Gasteiger partial charge is 0.479 e. The summed E-state index contributed by atoms with van der Waals surface area (Å²) < 4.78 is 37.2. The van der Waals surface area contributed by atoms with Crippen molar-refractivity contribution in [3.05, 3.63) is 64.9 Å². The van der Waals surface area contributed by atoms with Gasteiger partial charge in [0.05, 0.1) is 14.2 Å². The maximum absolute atomic E-state index is 14.0. The molecule has 0 radical (unpaired) electrons. The monoisotopic (exact) mass is 361 g/mol. The minimum Gasteiger partial charge on any atom is -0.479 e. The molecule has 2 rings (SSSR count). The number of pyridine rings is 1. The van der Waals surface area contributed by atoms with Crippen LogP contribution in [-0.4, -0.2) is 25.2 Å². The van der Waals surface area contributed by atoms with E-state index in [1.165, 1.54) is 32.5 Å². The van der Waals surface area contributed by atoms with Crippen LogP contribution in [0.5, 0.6) is 5.88 Å². The molecule has 0 fully saturated rings. The molecule has 0 spiro atoms. The zero-order valence-corrected chi connectivity index (χ0v) is 15.0. The molecule has 0 atom stereocenters. The summed E-state index contributed by atoms with van der Waals surface area (Å²) in [7, 11) is 2.66. The SMILES string of the molecule is COC(=O)CC/C(=C\Cc1cccc(F)c1C)c1cnc(OC)c(F)c1. The van der Waals surface area contributed by atoms with E-state index in [1.54, 1.807) is 13.0 Å². The van der Waals surface area contributed by atoms with Gasteiger partial charge in [-0.1, -0.05) is 18.2 Å². The summed E-state index contributed by atoms with van der Waals surface area (Å²) in [6.07, 6.45) is 4.30. The number of halogens is 2. The highest BCUT2D eigenvalue weighted by Gasteiger charge is 2.11. The summed E-state index contributed by atoms with van der Waals surface area (Å²) >= 11 is 0. The molecule has 1 heterocycles. The molecule has 1 aromatic heterocycles. The summed E-state index contributed by atoms with van der Waals surface area (Å²) in [6.45, 7) is 1.71. The van der Waals surface area contributed by atoms with Gasteiger partial charge in [-0.3, -0.25) is 4.79 Å². The smallest absolute Gasteiger partial charge is 0.305 e. The second kappa shape index (κ2) is 9.08. The van der Waals surface area contributed by atoms with Crippen LogP contribution in [0.1, 0.15) is 29.5 Å². The highest BCUT2D eigenvalue weighted by atomic mass is 19.1. The Bertz CT molecular complexity index is 819. The van der Waals surface area contributed by atoms with E-state index in [0.29, 0.717) is 24.0 Å². The van der Waals surface area contributed by atoms with Gasteiger partial charge in [-0.2, -0.15) is 0 Å². The molecule has 0 saturated carbocycles. The first kappa shape index (κ1) is 19.6. The zero-order valence-electron chi connectivity index (χ0n) is 15.0. The van der Waals surface area contributed by atoms with Crippen LogP contribution >= 0.6 is 0 Å². The Morgan fingerprint density at radius 3 is 2.62 bits per heavy atom. The van der Waals surface area contributed by atoms with E-state index >= 15 is 0 Å². The maximum Gasteiger partial charge on any atom is 0.305 e. The molecular formula is C20H21F2NO3. The van der Waals surface area contributed by atoms with Gasteiger partial charge < -0.3 is 9.47 Å². The van der Waals surface area contributed by atoms with Gasteiger partial charge in [-0.15, -0.1) is 0 Å². The number of carbonyl (C=O) groups excluding carboxylic acids is 1. The maximum atomic E-state index is 14.0. The Balaban J connectivity index is 2.32. The van der Waals surface area contributed by atoms with Crippen molar-refractivity contribution >= 4 is 11.5 Å². The molecule has 0 unspecified atom stereocenters. The van der Waals surface area contributed by atoms with Crippen molar-refractivity contribution in [3.8, 4) is 5.88 Å². The lowest BCUT2D eigenvalue weighted by Gasteiger charge is -2.10. The molecule has 0 aliphatic heterocycles. The average molecular weight is 361 g/mol. The molecule has 1 aromatic carbocycles. The summed E-state index contributed by atoms with van der Waals surface area (Å²) in [5.74, 6) is -1.32. The lowest BCUT2D eigenvalue weighted by Crippen LogP contribution is -2.02. The van der Waals surface area contributed by atoms with E-state index < -0.39 is 5.82 Å². The number of hydrogen-bond acceptors (Lipinski definition) is 4. The topological polar surface area (TPSA) is 48.4 Å². The van der Waals surface area contributed by atoms with E-state index in [0.717, 1.165) is 11.1 Å². The highest BCUT2D eigenvalue weighted by Crippen LogP contribution is 2.25. The van der Waals surface area contributed by atoms with Crippen molar-refractivity contribution in [3.63, 3.8) is 0 Å². The van der Waals surface area contributed by atoms with Crippen molar-refractivity contribution in [1.29, 1.82) is 0 Å². The zero-order chi connectivity index (χ0) is 19.1. The lowest BCUT2D eigenvalue weighted by atomic mass is 9.98. The Labute approximate surface area is 151 Å². The number of carbonyl (C=O) groups is 1. The molecule has 0 saturated heterocycles. The molecule has 138 valence electrons. The summed E-state index contributed by atoms with van der Waals surface area (Å²) in [5.41, 5.74) is 2.66. The second-order valence-electron chi connectivity index (χ2n) is 5.75. The number of allylic oxidation sites excluding steroid dienone is 2. The molecule has 4 nitrogen and oxygen atoms in total. The van der Waals surface area contributed by atoms with Gasteiger partial charge in [-0.05, 0) is 54.2 Å². The number of ether oxygens (including phenoxy) is 2. The summed E-state index contributed by atoms with van der Waals surface area (Å²) in [4.78, 5) is 15.4. The first-order valence-electron chi connectivity index (χ1n) is 8.16. The van der Waals surface area contributed by atoms with E-state index in [4.69, 9.17) is 4.74 Å². The van der Waals surface area contributed by atoms with Crippen LogP contribution in [0.25, 0.3) is 5.57 Å². The summed E-state index contributed by atoms with van der Waals surface area (Å²) in [6, 6.07) is 6.20. The molecular weight excluding hydrogens is 340 g/mol. The normalized spacial score (nSPS) is 11.3. The molecule has 2 aromatic rings. The Kier molecular flexibility index (Phi) is 6.83. The first-order valence-corrected chi connectivity index (χ1v) is 8.16. The standard InChI is InChI=1S/C20H21F2NO3/c1-13-14(5-4-6-17(13)21)7-8-15(9-10-19(24)25-2)16-11-18(22)20(26-3)23-12-16/h4-6,8,11-12H,7,9-10H2,1-3H3/b15-8+. The Morgan fingerprint density at radius 2 is 1.96 bits per heavy atom. The first-order chi connectivity index (χ1) is 12.5. The minimum atomic E-state index is -0.587. The molecule has 0 amide bonds. The van der Waals surface area contributed by atoms with Gasteiger partial charge in [0.1, 0.15) is 5.82 Å². The van der Waals surface area contributed by atoms with Crippen LogP contribution in [-0.2, 0) is 16.0 Å². The molecule has 0 aliphatic rings. The van der Waals surface area contributed by atoms with Gasteiger partial charge in [0, 0.05) is 12.6 Å². The van der Waals surface area contributed by atoms with Gasteiger partial charge >= 0.3 is 5.97 Å². The summed E-state index contributed by atoms with van der Waals surface area (Å²) in [5, 5.41) is 0. The fourth-order valence-corrected chi connectivity index (χ4v) is 2.56. The van der Waals surface area contributed by atoms with Crippen LogP contribution in [0.2, 0.25) is 0 Å². The van der Waals surface area contributed by atoms with Gasteiger partial charge in [0.25, 0.3) is 0 Å². The van der Waals surface area contributed by atoms with Crippen molar-refractivity contribution in [2.45, 2.75) is 26.2 Å². The van der Waals surface area contributed by atoms with Gasteiger partial charge in [-0.25, -0.2) is 13.8 Å². The molecule has 0 bridgehead atoms. The molecule has 26 heavy (non-hydrogen) atoms. The van der Waals surface area contributed by atoms with Crippen LogP contribution in [0, 0.1) is 18.6 Å². The number of nitrogens with zero attached hydrogens (tertiary/aromatic N) is 1. The minimum absolute atomic E-state index is 0.0953. The number of aromatic nitrogens is 1. The Morgan fingerprint density at radius 1 is 1.19 bits per heavy atom. The van der Waals surface area contributed by atoms with E-state index in [9.17, 15) is 13.6 Å². The van der Waals surface area contributed by atoms with Gasteiger partial charge in [0.15, 0.2) is 5.82 Å². The highest BCUT2D eigenvalue weighted by molar-refractivity contribution is 5.74. The van der Waals surface area contributed by atoms with Crippen molar-refractivity contribution in [1.82, 2.24) is 4.98 Å². The lowest BCUT2D eigenvalue weighted by molar-refractivity contribution is -0.140. The number of rotatable bonds is 7. The fourth-order valence-electron chi connectivity index (χ4n) is 2.56. The molecule has 0 N–H and O–H groups in total. The number of hydrogen-bond donors (Lipinski definition) is 0. The number of esters is 1. The van der Waals surface area contributed by atoms with Crippen molar-refractivity contribution in [2.75, 3.05) is 14.2 Å². The fraction of sp³-hybridized carbons (Fsp3) is 0.300. The van der Waals surface area contributed by atoms with Gasteiger partial charge in [0.2, 0.25) is 5.88 Å². The van der Waals surface area contributed by atoms with Crippen molar-refractivity contribution in [2.24, 2.45) is 0 Å². The van der Waals surface area contributed by atoms with E-state index in [2.05, 4.69) is 9.72 Å². The number of benzene rings is 1. The third-order valence-electron chi connectivity index (χ3n) is 4.15. The Hall–Kier alpha value is -2.76. The number of methoxy groups -OCH3 is 2. The van der Waals surface area contributed by atoms with Crippen LogP contribution in [0.4, 0.5) is 8.78 Å². The van der Waals surface area contributed by atoms with Crippen LogP contribution < -0.4 is 4.74 Å². The predicted octanol–water partition coefficient (Wildman–Crippen LogP) is 4.26. The quantitative estimate of drug-likeness (QED) is 0.692. The van der Waals surface area contributed by atoms with E-state index in [1.807, 2.05) is 12.1 Å². The molecule has 6 heteroatoms. The van der Waals surface area contributed by atoms with E-state index in [-0.39, 0.29) is 24.1 Å². The predicted molar refractivity (Wildman–Crippen MR) is 94.8 cm³/mol. The third-order valence-corrected chi connectivity index (χ3v) is 4.15. The van der Waals surface area contributed by atoms with Crippen LogP contribution in [0.15, 0.2) is 36.5 Å².